The fourth-order valence-electron chi connectivity index (χ4n) is 7.19. The number of rotatable bonds is 5. The number of para-hydroxylation sites is 1. The van der Waals surface area contributed by atoms with Crippen molar-refractivity contribution in [3.63, 3.8) is 0 Å². The first-order chi connectivity index (χ1) is 17.2. The van der Waals surface area contributed by atoms with E-state index in [-0.39, 0.29) is 27.5 Å². The number of methoxy groups -OCH3 is 1. The fourth-order valence-corrected chi connectivity index (χ4v) is 7.44. The van der Waals surface area contributed by atoms with Gasteiger partial charge in [0.15, 0.2) is 17.0 Å². The van der Waals surface area contributed by atoms with E-state index in [9.17, 15) is 18.0 Å². The van der Waals surface area contributed by atoms with Gasteiger partial charge in [0, 0.05) is 12.1 Å². The minimum Gasteiger partial charge on any atom is -0.496 e. The van der Waals surface area contributed by atoms with Gasteiger partial charge in [-0.1, -0.05) is 23.7 Å². The molecule has 4 aliphatic carbocycles. The molecular formula is C26H26ClF3N4O2. The van der Waals surface area contributed by atoms with Crippen LogP contribution in [0.3, 0.4) is 0 Å². The first kappa shape index (κ1) is 23.6. The summed E-state index contributed by atoms with van der Waals surface area (Å²) in [4.78, 5) is 17.5. The zero-order chi connectivity index (χ0) is 25.2. The highest BCUT2D eigenvalue weighted by Gasteiger charge is 2.51. The average molecular weight is 519 g/mol. The van der Waals surface area contributed by atoms with E-state index in [1.807, 2.05) is 0 Å². The van der Waals surface area contributed by atoms with E-state index in [0.717, 1.165) is 43.1 Å². The number of carbonyl (C=O) groups excluding carboxylic acids is 1. The van der Waals surface area contributed by atoms with Gasteiger partial charge >= 0.3 is 6.18 Å². The minimum atomic E-state index is -4.75. The summed E-state index contributed by atoms with van der Waals surface area (Å²) in [5.74, 6) is 1.96. The molecule has 7 rings (SSSR count). The van der Waals surface area contributed by atoms with Crippen molar-refractivity contribution in [2.45, 2.75) is 44.7 Å². The second kappa shape index (κ2) is 8.36. The van der Waals surface area contributed by atoms with Crippen molar-refractivity contribution in [2.24, 2.45) is 23.2 Å². The van der Waals surface area contributed by atoms with Crippen molar-refractivity contribution >= 4 is 23.2 Å². The van der Waals surface area contributed by atoms with Gasteiger partial charge in [0.1, 0.15) is 10.8 Å². The number of halogens is 4. The van der Waals surface area contributed by atoms with Crippen molar-refractivity contribution in [1.82, 2.24) is 19.9 Å². The molecule has 2 heterocycles. The molecular weight excluding hydrogens is 493 g/mol. The zero-order valence-electron chi connectivity index (χ0n) is 19.7. The molecule has 0 saturated heterocycles. The van der Waals surface area contributed by atoms with E-state index in [0.29, 0.717) is 22.4 Å². The number of fused-ring (bicyclic) bond motifs is 1. The van der Waals surface area contributed by atoms with Gasteiger partial charge in [-0.15, -0.1) is 0 Å². The Kier molecular flexibility index (Phi) is 5.48. The third-order valence-electron chi connectivity index (χ3n) is 8.21. The molecule has 1 N–H and O–H groups in total. The number of hydrogen-bond acceptors (Lipinski definition) is 4. The van der Waals surface area contributed by atoms with Gasteiger partial charge < -0.3 is 10.1 Å². The second-order valence-electron chi connectivity index (χ2n) is 10.7. The highest BCUT2D eigenvalue weighted by molar-refractivity contribution is 6.36. The Morgan fingerprint density at radius 1 is 1.17 bits per heavy atom. The lowest BCUT2D eigenvalue weighted by molar-refractivity contribution is -0.142. The minimum absolute atomic E-state index is 0.0228. The van der Waals surface area contributed by atoms with Crippen LogP contribution in [-0.4, -0.2) is 34.2 Å². The van der Waals surface area contributed by atoms with Crippen LogP contribution in [0.4, 0.5) is 13.2 Å². The third-order valence-corrected chi connectivity index (χ3v) is 8.56. The Bertz CT molecular complexity index is 1320. The number of nitrogens with one attached hydrogen (secondary N) is 1. The summed E-state index contributed by atoms with van der Waals surface area (Å²) in [6, 6.07) is 7.53. The van der Waals surface area contributed by atoms with E-state index in [1.165, 1.54) is 26.4 Å². The number of amides is 1. The van der Waals surface area contributed by atoms with Gasteiger partial charge in [0.2, 0.25) is 0 Å². The number of ether oxygens (including phenoxy) is 1. The van der Waals surface area contributed by atoms with Crippen LogP contribution in [0.1, 0.15) is 54.7 Å². The molecule has 1 aromatic carbocycles. The molecule has 4 bridgehead atoms. The summed E-state index contributed by atoms with van der Waals surface area (Å²) in [5.41, 5.74) is -1.09. The molecule has 10 heteroatoms. The normalized spacial score (nSPS) is 27.0. The van der Waals surface area contributed by atoms with Crippen molar-refractivity contribution in [3.8, 4) is 17.0 Å². The monoisotopic (exact) mass is 518 g/mol. The number of nitrogens with zero attached hydrogens (tertiary/aromatic N) is 3. The Balaban J connectivity index is 1.35. The standard InChI is InChI=1S/C26H26ClF3N4O2/c1-36-19-5-3-2-4-17(19)18-9-20(26(28,29)30)34-23(32-18)21(27)22(33-34)24(35)31-13-25-10-14-6-15(11-25)8-16(7-14)12-25/h2-5,9,14-16H,6-8,10-13H2,1H3,(H,31,35). The number of alkyl halides is 3. The summed E-state index contributed by atoms with van der Waals surface area (Å²) in [6.07, 6.45) is 2.39. The fraction of sp³-hybridized carbons (Fsp3) is 0.500. The van der Waals surface area contributed by atoms with Crippen LogP contribution < -0.4 is 10.1 Å². The van der Waals surface area contributed by atoms with Gasteiger partial charge in [0.05, 0.1) is 12.8 Å². The molecule has 3 aromatic rings. The molecule has 0 radical (unpaired) electrons. The van der Waals surface area contributed by atoms with Gasteiger partial charge in [-0.3, -0.25) is 4.79 Å². The number of carbonyl (C=O) groups is 1. The molecule has 0 aliphatic heterocycles. The van der Waals surface area contributed by atoms with E-state index >= 15 is 0 Å². The molecule has 6 nitrogen and oxygen atoms in total. The molecule has 0 atom stereocenters. The molecule has 36 heavy (non-hydrogen) atoms. The van der Waals surface area contributed by atoms with Crippen LogP contribution in [0.5, 0.6) is 5.75 Å². The Morgan fingerprint density at radius 3 is 2.42 bits per heavy atom. The van der Waals surface area contributed by atoms with Gasteiger partial charge in [-0.05, 0) is 79.9 Å². The van der Waals surface area contributed by atoms with Crippen LogP contribution in [0.25, 0.3) is 16.9 Å². The lowest BCUT2D eigenvalue weighted by Crippen LogP contribution is -2.51. The molecule has 4 saturated carbocycles. The predicted molar refractivity (Wildman–Crippen MR) is 128 cm³/mol. The Morgan fingerprint density at radius 2 is 1.81 bits per heavy atom. The largest absolute Gasteiger partial charge is 0.496 e. The Hall–Kier alpha value is -2.81. The van der Waals surface area contributed by atoms with Crippen LogP contribution in [0, 0.1) is 23.2 Å². The number of hydrogen-bond donors (Lipinski definition) is 1. The summed E-state index contributed by atoms with van der Waals surface area (Å²) in [5, 5.41) is 6.72. The van der Waals surface area contributed by atoms with E-state index in [4.69, 9.17) is 16.3 Å². The third kappa shape index (κ3) is 3.92. The molecule has 0 unspecified atom stereocenters. The average Bonchev–Trinajstić information content (AvgIpc) is 3.17. The molecule has 2 aromatic heterocycles. The highest BCUT2D eigenvalue weighted by atomic mass is 35.5. The van der Waals surface area contributed by atoms with Gasteiger partial charge in [-0.25, -0.2) is 9.50 Å². The summed E-state index contributed by atoms with van der Waals surface area (Å²) < 4.78 is 48.1. The van der Waals surface area contributed by atoms with Crippen molar-refractivity contribution in [2.75, 3.05) is 13.7 Å². The second-order valence-corrected chi connectivity index (χ2v) is 11.1. The SMILES string of the molecule is COc1ccccc1-c1cc(C(F)(F)F)n2nc(C(=O)NCC34CC5CC(CC(C5)C3)C4)c(Cl)c2n1. The lowest BCUT2D eigenvalue weighted by atomic mass is 9.49. The quantitative estimate of drug-likeness (QED) is 0.448. The zero-order valence-corrected chi connectivity index (χ0v) is 20.5. The van der Waals surface area contributed by atoms with Crippen LogP contribution in [0.15, 0.2) is 30.3 Å². The maximum atomic E-state index is 14.0. The van der Waals surface area contributed by atoms with Crippen molar-refractivity contribution in [1.29, 1.82) is 0 Å². The lowest BCUT2D eigenvalue weighted by Gasteiger charge is -2.56. The molecule has 4 aliphatic rings. The van der Waals surface area contributed by atoms with Gasteiger partial charge in [-0.2, -0.15) is 18.3 Å². The van der Waals surface area contributed by atoms with E-state index in [2.05, 4.69) is 15.4 Å². The first-order valence-electron chi connectivity index (χ1n) is 12.2. The molecule has 0 spiro atoms. The van der Waals surface area contributed by atoms with E-state index in [1.54, 1.807) is 24.3 Å². The number of benzene rings is 1. The molecule has 190 valence electrons. The molecule has 4 fully saturated rings. The van der Waals surface area contributed by atoms with Crippen molar-refractivity contribution < 1.29 is 22.7 Å². The van der Waals surface area contributed by atoms with Crippen molar-refractivity contribution in [3.05, 3.63) is 46.7 Å². The Labute approximate surface area is 211 Å². The summed E-state index contributed by atoms with van der Waals surface area (Å²) in [6.45, 7) is 0.492. The summed E-state index contributed by atoms with van der Waals surface area (Å²) in [7, 11) is 1.43. The molecule has 1 amide bonds. The maximum Gasteiger partial charge on any atom is 0.433 e. The van der Waals surface area contributed by atoms with Crippen LogP contribution >= 0.6 is 11.6 Å². The summed E-state index contributed by atoms with van der Waals surface area (Å²) >= 11 is 6.46. The van der Waals surface area contributed by atoms with E-state index < -0.39 is 17.8 Å². The van der Waals surface area contributed by atoms with Crippen LogP contribution in [0.2, 0.25) is 5.02 Å². The maximum absolute atomic E-state index is 14.0. The smallest absolute Gasteiger partial charge is 0.433 e. The predicted octanol–water partition coefficient (Wildman–Crippen LogP) is 6.02. The highest BCUT2D eigenvalue weighted by Crippen LogP contribution is 2.59. The first-order valence-corrected chi connectivity index (χ1v) is 12.6. The number of aromatic nitrogens is 3. The van der Waals surface area contributed by atoms with Crippen LogP contribution in [-0.2, 0) is 6.18 Å². The van der Waals surface area contributed by atoms with Gasteiger partial charge in [0.25, 0.3) is 5.91 Å². The topological polar surface area (TPSA) is 68.5 Å².